The summed E-state index contributed by atoms with van der Waals surface area (Å²) in [6.07, 6.45) is 1.14. The van der Waals surface area contributed by atoms with E-state index in [1.807, 2.05) is 18.2 Å². The number of amidine groups is 1. The number of fused-ring (bicyclic) bond motifs is 1. The van der Waals surface area contributed by atoms with Crippen molar-refractivity contribution in [3.63, 3.8) is 0 Å². The van der Waals surface area contributed by atoms with Gasteiger partial charge in [-0.2, -0.15) is 0 Å². The molecule has 2 heterocycles. The highest BCUT2D eigenvalue weighted by molar-refractivity contribution is 8.14. The third kappa shape index (κ3) is 2.87. The highest BCUT2D eigenvalue weighted by Crippen LogP contribution is 2.35. The molecule has 1 atom stereocenters. The topological polar surface area (TPSA) is 42.8 Å². The van der Waals surface area contributed by atoms with Gasteiger partial charge in [0.25, 0.3) is 0 Å². The quantitative estimate of drug-likeness (QED) is 0.856. The molecule has 5 heteroatoms. The van der Waals surface area contributed by atoms with Crippen LogP contribution >= 0.6 is 11.8 Å². The predicted molar refractivity (Wildman–Crippen MR) is 83.9 cm³/mol. The van der Waals surface area contributed by atoms with E-state index >= 15 is 0 Å². The van der Waals surface area contributed by atoms with E-state index in [1.54, 1.807) is 11.8 Å². The summed E-state index contributed by atoms with van der Waals surface area (Å²) in [5, 5.41) is 4.39. The molecule has 1 N–H and O–H groups in total. The first-order valence-electron chi connectivity index (χ1n) is 6.90. The summed E-state index contributed by atoms with van der Waals surface area (Å²) in [7, 11) is 0. The zero-order valence-corrected chi connectivity index (χ0v) is 12.9. The van der Waals surface area contributed by atoms with Crippen molar-refractivity contribution in [1.82, 2.24) is 0 Å². The normalized spacial score (nSPS) is 21.6. The van der Waals surface area contributed by atoms with E-state index < -0.39 is 0 Å². The van der Waals surface area contributed by atoms with E-state index in [2.05, 4.69) is 26.1 Å². The minimum atomic E-state index is 0.211. The maximum absolute atomic E-state index is 5.39. The number of anilines is 1. The van der Waals surface area contributed by atoms with Crippen molar-refractivity contribution in [2.24, 2.45) is 10.4 Å². The van der Waals surface area contributed by atoms with E-state index in [4.69, 9.17) is 14.5 Å². The van der Waals surface area contributed by atoms with Crippen LogP contribution in [-0.4, -0.2) is 23.8 Å². The fraction of sp³-hybridized carbons (Fsp3) is 0.533. The number of hydrogen-bond acceptors (Lipinski definition) is 5. The lowest BCUT2D eigenvalue weighted by Crippen LogP contribution is -2.30. The summed E-state index contributed by atoms with van der Waals surface area (Å²) in [5.74, 6) is 2.71. The Morgan fingerprint density at radius 3 is 2.85 bits per heavy atom. The number of hydrogen-bond donors (Lipinski definition) is 1. The molecule has 0 saturated heterocycles. The molecule has 1 unspecified atom stereocenters. The van der Waals surface area contributed by atoms with E-state index in [9.17, 15) is 0 Å². The van der Waals surface area contributed by atoms with E-state index in [0.29, 0.717) is 12.8 Å². The van der Waals surface area contributed by atoms with E-state index in [-0.39, 0.29) is 5.41 Å². The average molecular weight is 292 g/mol. The second-order valence-electron chi connectivity index (χ2n) is 6.15. The Bertz CT molecular complexity index is 537. The standard InChI is InChI=1S/C15H20N2O2S/c1-15(2,3)13-6-7-20-14(17-13)16-10-4-5-11-12(8-10)19-9-18-11/h4-5,8,13H,6-7,9H2,1-3H3,(H,16,17). The third-order valence-corrected chi connectivity index (χ3v) is 4.45. The largest absolute Gasteiger partial charge is 0.454 e. The summed E-state index contributed by atoms with van der Waals surface area (Å²) in [6, 6.07) is 6.27. The van der Waals surface area contributed by atoms with Gasteiger partial charge < -0.3 is 14.8 Å². The molecule has 4 nitrogen and oxygen atoms in total. The smallest absolute Gasteiger partial charge is 0.231 e. The van der Waals surface area contributed by atoms with Gasteiger partial charge in [-0.15, -0.1) is 0 Å². The van der Waals surface area contributed by atoms with Crippen LogP contribution in [0.4, 0.5) is 5.69 Å². The fourth-order valence-corrected chi connectivity index (χ4v) is 3.23. The first-order valence-corrected chi connectivity index (χ1v) is 7.88. The first-order chi connectivity index (χ1) is 9.52. The molecule has 1 aromatic rings. The molecule has 2 aliphatic rings. The Hall–Kier alpha value is -1.36. The molecule has 2 aliphatic heterocycles. The second-order valence-corrected chi connectivity index (χ2v) is 7.23. The predicted octanol–water partition coefficient (Wildman–Crippen LogP) is 3.73. The fourth-order valence-electron chi connectivity index (χ4n) is 2.30. The highest BCUT2D eigenvalue weighted by Gasteiger charge is 2.27. The minimum Gasteiger partial charge on any atom is -0.454 e. The number of benzene rings is 1. The van der Waals surface area contributed by atoms with Crippen LogP contribution in [0.5, 0.6) is 11.5 Å². The number of aliphatic imine (C=N–C) groups is 1. The maximum Gasteiger partial charge on any atom is 0.231 e. The lowest BCUT2D eigenvalue weighted by Gasteiger charge is -2.31. The summed E-state index contributed by atoms with van der Waals surface area (Å²) in [4.78, 5) is 4.84. The van der Waals surface area contributed by atoms with Gasteiger partial charge in [-0.3, -0.25) is 4.99 Å². The monoisotopic (exact) mass is 292 g/mol. The van der Waals surface area contributed by atoms with Crippen LogP contribution in [0.1, 0.15) is 27.2 Å². The molecular weight excluding hydrogens is 272 g/mol. The van der Waals surface area contributed by atoms with Crippen molar-refractivity contribution >= 4 is 22.6 Å². The van der Waals surface area contributed by atoms with Crippen LogP contribution < -0.4 is 14.8 Å². The van der Waals surface area contributed by atoms with E-state index in [1.165, 1.54) is 0 Å². The highest BCUT2D eigenvalue weighted by atomic mass is 32.2. The summed E-state index contributed by atoms with van der Waals surface area (Å²) >= 11 is 1.78. The minimum absolute atomic E-state index is 0.211. The molecule has 0 fully saturated rings. The van der Waals surface area contributed by atoms with Gasteiger partial charge in [0, 0.05) is 17.5 Å². The molecule has 108 valence electrons. The second kappa shape index (κ2) is 5.20. The molecule has 0 spiro atoms. The average Bonchev–Trinajstić information content (AvgIpc) is 2.85. The van der Waals surface area contributed by atoms with Crippen LogP contribution in [0.2, 0.25) is 0 Å². The summed E-state index contributed by atoms with van der Waals surface area (Å²) < 4.78 is 10.7. The molecule has 0 radical (unpaired) electrons. The van der Waals surface area contributed by atoms with Crippen molar-refractivity contribution in [2.45, 2.75) is 33.2 Å². The van der Waals surface area contributed by atoms with Crippen LogP contribution in [0.15, 0.2) is 23.2 Å². The van der Waals surface area contributed by atoms with E-state index in [0.717, 1.165) is 34.5 Å². The number of ether oxygens (including phenoxy) is 2. The first kappa shape index (κ1) is 13.6. The summed E-state index contributed by atoms with van der Waals surface area (Å²) in [5.41, 5.74) is 1.21. The lowest BCUT2D eigenvalue weighted by atomic mass is 9.85. The van der Waals surface area contributed by atoms with Crippen molar-refractivity contribution in [2.75, 3.05) is 17.9 Å². The Kier molecular flexibility index (Phi) is 3.54. The molecule has 3 rings (SSSR count). The Labute approximate surface area is 123 Å². The zero-order chi connectivity index (χ0) is 14.2. The van der Waals surface area contributed by atoms with Gasteiger partial charge >= 0.3 is 0 Å². The number of thioether (sulfide) groups is 1. The van der Waals surface area contributed by atoms with Gasteiger partial charge in [-0.1, -0.05) is 32.5 Å². The van der Waals surface area contributed by atoms with Crippen LogP contribution in [0.3, 0.4) is 0 Å². The molecule has 20 heavy (non-hydrogen) atoms. The number of rotatable bonds is 1. The maximum atomic E-state index is 5.39. The van der Waals surface area contributed by atoms with Gasteiger partial charge in [0.2, 0.25) is 6.79 Å². The van der Waals surface area contributed by atoms with Crippen molar-refractivity contribution in [3.8, 4) is 11.5 Å². The Morgan fingerprint density at radius 2 is 2.05 bits per heavy atom. The third-order valence-electron chi connectivity index (χ3n) is 3.53. The zero-order valence-electron chi connectivity index (χ0n) is 12.1. The van der Waals surface area contributed by atoms with Crippen LogP contribution in [-0.2, 0) is 0 Å². The summed E-state index contributed by atoms with van der Waals surface area (Å²) in [6.45, 7) is 7.04. The van der Waals surface area contributed by atoms with Crippen LogP contribution in [0.25, 0.3) is 0 Å². The molecule has 0 aromatic heterocycles. The molecule has 0 saturated carbocycles. The number of nitrogens with one attached hydrogen (secondary N) is 1. The molecule has 0 bridgehead atoms. The van der Waals surface area contributed by atoms with Gasteiger partial charge in [-0.05, 0) is 24.0 Å². The molecule has 0 amide bonds. The molecule has 0 aliphatic carbocycles. The van der Waals surface area contributed by atoms with Gasteiger partial charge in [-0.25, -0.2) is 0 Å². The van der Waals surface area contributed by atoms with Gasteiger partial charge in [0.05, 0.1) is 6.04 Å². The lowest BCUT2D eigenvalue weighted by molar-refractivity contribution is 0.174. The van der Waals surface area contributed by atoms with Crippen molar-refractivity contribution < 1.29 is 9.47 Å². The van der Waals surface area contributed by atoms with Crippen molar-refractivity contribution in [1.29, 1.82) is 0 Å². The van der Waals surface area contributed by atoms with Crippen LogP contribution in [0, 0.1) is 5.41 Å². The Morgan fingerprint density at radius 1 is 1.25 bits per heavy atom. The number of nitrogens with zero attached hydrogens (tertiary/aromatic N) is 1. The molecule has 1 aromatic carbocycles. The van der Waals surface area contributed by atoms with Gasteiger partial charge in [0.1, 0.15) is 0 Å². The Balaban J connectivity index is 1.75. The molecular formula is C15H20N2O2S. The van der Waals surface area contributed by atoms with Crippen molar-refractivity contribution in [3.05, 3.63) is 18.2 Å². The van der Waals surface area contributed by atoms with Gasteiger partial charge in [0.15, 0.2) is 16.7 Å². The SMILES string of the molecule is CC(C)(C)C1CCSC(Nc2ccc3c(c2)OCO3)=N1.